The lowest BCUT2D eigenvalue weighted by molar-refractivity contribution is -0.132. The first-order valence-electron chi connectivity index (χ1n) is 10.6. The molecule has 172 valence electrons. The zero-order valence-corrected chi connectivity index (χ0v) is 19.2. The Morgan fingerprint density at radius 1 is 1.00 bits per heavy atom. The summed E-state index contributed by atoms with van der Waals surface area (Å²) in [5.74, 6) is -1.78. The summed E-state index contributed by atoms with van der Waals surface area (Å²) in [6.45, 7) is 0.621. The Hall–Kier alpha value is -3.35. The standard InChI is InChI=1S/C26H18Cl2FNO4/c27-17-11-18(28)13-20(12-17)30-23(14-3-6-19(29)7-4-14)22(25(32)26(30)33)24(31)16-5-8-21-15(10-16)2-1-9-34-21/h3-8,10-13,23,31H,1-2,9H2/b24-22-. The lowest BCUT2D eigenvalue weighted by atomic mass is 9.94. The van der Waals surface area contributed by atoms with Crippen LogP contribution in [-0.2, 0) is 16.0 Å². The molecule has 1 unspecified atom stereocenters. The Kier molecular flexibility index (Phi) is 5.80. The van der Waals surface area contributed by atoms with E-state index in [9.17, 15) is 19.1 Å². The van der Waals surface area contributed by atoms with Crippen molar-refractivity contribution in [3.8, 4) is 5.75 Å². The summed E-state index contributed by atoms with van der Waals surface area (Å²) in [4.78, 5) is 27.7. The first kappa shape index (κ1) is 22.4. The van der Waals surface area contributed by atoms with Crippen LogP contribution in [0, 0.1) is 5.82 Å². The number of anilines is 1. The number of hydrogen-bond donors (Lipinski definition) is 1. The Morgan fingerprint density at radius 2 is 1.71 bits per heavy atom. The smallest absolute Gasteiger partial charge is 0.300 e. The van der Waals surface area contributed by atoms with Gasteiger partial charge in [-0.15, -0.1) is 0 Å². The molecule has 5 nitrogen and oxygen atoms in total. The molecule has 2 aliphatic heterocycles. The van der Waals surface area contributed by atoms with E-state index in [2.05, 4.69) is 0 Å². The molecule has 0 bridgehead atoms. The molecule has 34 heavy (non-hydrogen) atoms. The van der Waals surface area contributed by atoms with Crippen molar-refractivity contribution in [3.63, 3.8) is 0 Å². The summed E-state index contributed by atoms with van der Waals surface area (Å²) in [6, 6.07) is 14.1. The fourth-order valence-electron chi connectivity index (χ4n) is 4.40. The molecular formula is C26H18Cl2FNO4. The van der Waals surface area contributed by atoms with Gasteiger partial charge >= 0.3 is 0 Å². The van der Waals surface area contributed by atoms with E-state index in [0.29, 0.717) is 17.7 Å². The molecule has 3 aromatic carbocycles. The van der Waals surface area contributed by atoms with E-state index in [0.717, 1.165) is 24.2 Å². The number of aryl methyl sites for hydroxylation is 1. The zero-order chi connectivity index (χ0) is 24.0. The van der Waals surface area contributed by atoms with Gasteiger partial charge < -0.3 is 9.84 Å². The van der Waals surface area contributed by atoms with E-state index >= 15 is 0 Å². The van der Waals surface area contributed by atoms with E-state index in [1.54, 1.807) is 18.2 Å². The maximum absolute atomic E-state index is 13.7. The molecule has 3 aromatic rings. The van der Waals surface area contributed by atoms with Crippen molar-refractivity contribution in [2.24, 2.45) is 0 Å². The molecule has 0 aromatic heterocycles. The molecule has 0 spiro atoms. The predicted octanol–water partition coefficient (Wildman–Crippen LogP) is 6.08. The number of aliphatic hydroxyl groups is 1. The third kappa shape index (κ3) is 3.93. The molecule has 0 saturated carbocycles. The van der Waals surface area contributed by atoms with Crippen molar-refractivity contribution in [3.05, 3.63) is 98.8 Å². The van der Waals surface area contributed by atoms with Crippen LogP contribution < -0.4 is 9.64 Å². The summed E-state index contributed by atoms with van der Waals surface area (Å²) in [6.07, 6.45) is 1.61. The van der Waals surface area contributed by atoms with Gasteiger partial charge in [-0.3, -0.25) is 14.5 Å². The molecule has 1 fully saturated rings. The fourth-order valence-corrected chi connectivity index (χ4v) is 4.92. The molecule has 0 radical (unpaired) electrons. The number of carbonyl (C=O) groups is 2. The highest BCUT2D eigenvalue weighted by atomic mass is 35.5. The summed E-state index contributed by atoms with van der Waals surface area (Å²) in [5, 5.41) is 11.8. The number of aliphatic hydroxyl groups excluding tert-OH is 1. The first-order chi connectivity index (χ1) is 16.3. The minimum atomic E-state index is -1.01. The van der Waals surface area contributed by atoms with Crippen molar-refractivity contribution < 1.29 is 23.8 Å². The third-order valence-corrected chi connectivity index (χ3v) is 6.37. The largest absolute Gasteiger partial charge is 0.507 e. The van der Waals surface area contributed by atoms with Gasteiger partial charge in [0, 0.05) is 21.3 Å². The highest BCUT2D eigenvalue weighted by molar-refractivity contribution is 6.52. The number of nitrogens with zero attached hydrogens (tertiary/aromatic N) is 1. The SMILES string of the molecule is O=C1C(=O)N(c2cc(Cl)cc(Cl)c2)C(c2ccc(F)cc2)/C1=C(/O)c1ccc2c(c1)CCCO2. The molecule has 1 amide bonds. The maximum atomic E-state index is 13.7. The molecule has 1 saturated heterocycles. The van der Waals surface area contributed by atoms with Gasteiger partial charge in [-0.1, -0.05) is 35.3 Å². The van der Waals surface area contributed by atoms with E-state index in [-0.39, 0.29) is 27.1 Å². The lowest BCUT2D eigenvalue weighted by Crippen LogP contribution is -2.29. The highest BCUT2D eigenvalue weighted by Gasteiger charge is 2.47. The Balaban J connectivity index is 1.71. The van der Waals surface area contributed by atoms with Crippen molar-refractivity contribution >= 4 is 46.3 Å². The number of hydrogen-bond acceptors (Lipinski definition) is 4. The second kappa shape index (κ2) is 8.78. The number of halogens is 3. The van der Waals surface area contributed by atoms with E-state index < -0.39 is 23.5 Å². The van der Waals surface area contributed by atoms with E-state index in [1.165, 1.54) is 47.4 Å². The Bertz CT molecular complexity index is 1330. The van der Waals surface area contributed by atoms with Crippen LogP contribution in [0.25, 0.3) is 5.76 Å². The summed E-state index contributed by atoms with van der Waals surface area (Å²) >= 11 is 12.3. The molecule has 8 heteroatoms. The van der Waals surface area contributed by atoms with Crippen LogP contribution in [0.4, 0.5) is 10.1 Å². The molecule has 2 aliphatic rings. The number of rotatable bonds is 3. The molecule has 1 atom stereocenters. The van der Waals surface area contributed by atoms with E-state index in [4.69, 9.17) is 27.9 Å². The molecular weight excluding hydrogens is 480 g/mol. The number of Topliss-reactive ketones (excluding diaryl/α,β-unsaturated/α-hetero) is 1. The monoisotopic (exact) mass is 497 g/mol. The van der Waals surface area contributed by atoms with Gasteiger partial charge in [-0.05, 0) is 72.5 Å². The number of fused-ring (bicyclic) bond motifs is 1. The van der Waals surface area contributed by atoms with Crippen LogP contribution in [0.1, 0.15) is 29.2 Å². The fraction of sp³-hybridized carbons (Fsp3) is 0.154. The normalized spacial score (nSPS) is 19.1. The van der Waals surface area contributed by atoms with Gasteiger partial charge in [0.25, 0.3) is 11.7 Å². The van der Waals surface area contributed by atoms with Crippen LogP contribution in [0.5, 0.6) is 5.75 Å². The quantitative estimate of drug-likeness (QED) is 0.270. The lowest BCUT2D eigenvalue weighted by Gasteiger charge is -2.26. The van der Waals surface area contributed by atoms with Crippen LogP contribution >= 0.6 is 23.2 Å². The second-order valence-corrected chi connectivity index (χ2v) is 9.00. The second-order valence-electron chi connectivity index (χ2n) is 8.12. The molecule has 1 N–H and O–H groups in total. The minimum absolute atomic E-state index is 0.107. The minimum Gasteiger partial charge on any atom is -0.507 e. The third-order valence-electron chi connectivity index (χ3n) is 5.94. The number of ether oxygens (including phenoxy) is 1. The predicted molar refractivity (Wildman–Crippen MR) is 128 cm³/mol. The summed E-state index contributed by atoms with van der Waals surface area (Å²) in [7, 11) is 0. The highest BCUT2D eigenvalue weighted by Crippen LogP contribution is 2.43. The summed E-state index contributed by atoms with van der Waals surface area (Å²) < 4.78 is 19.3. The van der Waals surface area contributed by atoms with Crippen molar-refractivity contribution in [1.29, 1.82) is 0 Å². The zero-order valence-electron chi connectivity index (χ0n) is 17.7. The molecule has 2 heterocycles. The van der Waals surface area contributed by atoms with Gasteiger partial charge in [-0.25, -0.2) is 4.39 Å². The van der Waals surface area contributed by atoms with Crippen LogP contribution in [0.3, 0.4) is 0 Å². The Labute approximate surface area is 205 Å². The average Bonchev–Trinajstić information content (AvgIpc) is 3.08. The topological polar surface area (TPSA) is 66.8 Å². The van der Waals surface area contributed by atoms with Gasteiger partial charge in [0.1, 0.15) is 17.3 Å². The van der Waals surface area contributed by atoms with Crippen molar-refractivity contribution in [2.45, 2.75) is 18.9 Å². The maximum Gasteiger partial charge on any atom is 0.300 e. The van der Waals surface area contributed by atoms with Gasteiger partial charge in [0.2, 0.25) is 0 Å². The Morgan fingerprint density at radius 3 is 2.41 bits per heavy atom. The van der Waals surface area contributed by atoms with Crippen molar-refractivity contribution in [1.82, 2.24) is 0 Å². The van der Waals surface area contributed by atoms with Crippen LogP contribution in [0.2, 0.25) is 10.0 Å². The van der Waals surface area contributed by atoms with Crippen molar-refractivity contribution in [2.75, 3.05) is 11.5 Å². The van der Waals surface area contributed by atoms with Crippen LogP contribution in [-0.4, -0.2) is 23.4 Å². The molecule has 5 rings (SSSR count). The van der Waals surface area contributed by atoms with Crippen LogP contribution in [0.15, 0.2) is 66.2 Å². The van der Waals surface area contributed by atoms with Gasteiger partial charge in [-0.2, -0.15) is 0 Å². The van der Waals surface area contributed by atoms with E-state index in [1.807, 2.05) is 0 Å². The van der Waals surface area contributed by atoms with Gasteiger partial charge in [0.05, 0.1) is 18.2 Å². The first-order valence-corrected chi connectivity index (χ1v) is 11.4. The number of carbonyl (C=O) groups excluding carboxylic acids is 2. The molecule has 0 aliphatic carbocycles. The summed E-state index contributed by atoms with van der Waals surface area (Å²) in [5.41, 5.74) is 1.92. The number of amides is 1. The average molecular weight is 498 g/mol. The number of benzene rings is 3. The number of ketones is 1. The van der Waals surface area contributed by atoms with Gasteiger partial charge in [0.15, 0.2) is 0 Å².